The largest absolute Gasteiger partial charge is 0.480 e. The molecule has 6 nitrogen and oxygen atoms in total. The van der Waals surface area contributed by atoms with Crippen molar-refractivity contribution in [3.8, 4) is 0 Å². The molecule has 0 radical (unpaired) electrons. The summed E-state index contributed by atoms with van der Waals surface area (Å²) >= 11 is 0. The van der Waals surface area contributed by atoms with E-state index in [4.69, 9.17) is 5.11 Å². The highest BCUT2D eigenvalue weighted by Crippen LogP contribution is 2.16. The highest BCUT2D eigenvalue weighted by molar-refractivity contribution is 7.90. The third-order valence-electron chi connectivity index (χ3n) is 3.37. The number of carboxylic acids is 1. The van der Waals surface area contributed by atoms with E-state index in [9.17, 15) is 13.2 Å². The molecule has 18 heavy (non-hydrogen) atoms. The number of carbonyl (C=O) groups is 1. The van der Waals surface area contributed by atoms with Gasteiger partial charge in [0, 0.05) is 13.1 Å². The lowest BCUT2D eigenvalue weighted by Crippen LogP contribution is -2.45. The van der Waals surface area contributed by atoms with Crippen LogP contribution in [0.15, 0.2) is 0 Å². The van der Waals surface area contributed by atoms with Crippen LogP contribution in [-0.2, 0) is 14.8 Å². The molecule has 2 N–H and O–H groups in total. The van der Waals surface area contributed by atoms with E-state index in [-0.39, 0.29) is 5.92 Å². The van der Waals surface area contributed by atoms with E-state index in [1.54, 1.807) is 6.92 Å². The Bertz CT molecular complexity index is 377. The van der Waals surface area contributed by atoms with Crippen LogP contribution in [0, 0.1) is 5.92 Å². The summed E-state index contributed by atoms with van der Waals surface area (Å²) in [4.78, 5) is 10.8. The zero-order valence-corrected chi connectivity index (χ0v) is 11.7. The number of rotatable bonds is 6. The summed E-state index contributed by atoms with van der Waals surface area (Å²) in [6, 6.07) is 0. The van der Waals surface area contributed by atoms with E-state index in [1.807, 2.05) is 0 Å². The van der Waals surface area contributed by atoms with Crippen LogP contribution < -0.4 is 5.32 Å². The van der Waals surface area contributed by atoms with Gasteiger partial charge in [-0.3, -0.25) is 4.79 Å². The lowest BCUT2D eigenvalue weighted by Gasteiger charge is -2.29. The fourth-order valence-corrected chi connectivity index (χ4v) is 3.61. The van der Waals surface area contributed by atoms with Crippen LogP contribution >= 0.6 is 0 Å². The van der Waals surface area contributed by atoms with E-state index in [1.165, 1.54) is 11.2 Å². The molecule has 1 aliphatic heterocycles. The van der Waals surface area contributed by atoms with Gasteiger partial charge < -0.3 is 10.4 Å². The molecule has 0 bridgehead atoms. The molecule has 1 fully saturated rings. The van der Waals surface area contributed by atoms with Gasteiger partial charge in [0.1, 0.15) is 0 Å². The van der Waals surface area contributed by atoms with Gasteiger partial charge in [0.15, 0.2) is 5.25 Å². The zero-order chi connectivity index (χ0) is 13.8. The van der Waals surface area contributed by atoms with Crippen molar-refractivity contribution in [1.82, 2.24) is 9.62 Å². The Morgan fingerprint density at radius 1 is 1.56 bits per heavy atom. The van der Waals surface area contributed by atoms with Crippen molar-refractivity contribution in [3.63, 3.8) is 0 Å². The SMILES string of the molecule is CCN(CC1CCCNC1)S(=O)(=O)C(C)C(=O)O. The molecule has 2 atom stereocenters. The van der Waals surface area contributed by atoms with Gasteiger partial charge in [0.2, 0.25) is 10.0 Å². The molecule has 1 saturated heterocycles. The second kappa shape index (κ2) is 6.49. The number of nitrogens with one attached hydrogen (secondary N) is 1. The maximum Gasteiger partial charge on any atom is 0.323 e. The van der Waals surface area contributed by atoms with Gasteiger partial charge in [-0.05, 0) is 38.8 Å². The number of piperidine rings is 1. The minimum Gasteiger partial charge on any atom is -0.480 e. The third-order valence-corrected chi connectivity index (χ3v) is 5.59. The molecule has 0 aromatic rings. The van der Waals surface area contributed by atoms with Crippen molar-refractivity contribution in [2.24, 2.45) is 5.92 Å². The first kappa shape index (κ1) is 15.4. The molecule has 1 heterocycles. The van der Waals surface area contributed by atoms with Crippen LogP contribution in [0.25, 0.3) is 0 Å². The predicted molar refractivity (Wildman–Crippen MR) is 68.9 cm³/mol. The number of carboxylic acid groups (broad SMARTS) is 1. The summed E-state index contributed by atoms with van der Waals surface area (Å²) in [6.07, 6.45) is 2.03. The Hall–Kier alpha value is -0.660. The molecule has 1 aliphatic rings. The van der Waals surface area contributed by atoms with Crippen LogP contribution in [0.5, 0.6) is 0 Å². The van der Waals surface area contributed by atoms with Gasteiger partial charge in [0.05, 0.1) is 0 Å². The maximum atomic E-state index is 12.1. The van der Waals surface area contributed by atoms with E-state index >= 15 is 0 Å². The van der Waals surface area contributed by atoms with E-state index in [0.29, 0.717) is 13.1 Å². The number of hydrogen-bond acceptors (Lipinski definition) is 4. The van der Waals surface area contributed by atoms with E-state index < -0.39 is 21.2 Å². The van der Waals surface area contributed by atoms with Crippen LogP contribution in [0.2, 0.25) is 0 Å². The molecule has 106 valence electrons. The Labute approximate surface area is 108 Å². The molecule has 0 amide bonds. The molecule has 0 aliphatic carbocycles. The number of nitrogens with zero attached hydrogens (tertiary/aromatic N) is 1. The van der Waals surface area contributed by atoms with Crippen molar-refractivity contribution >= 4 is 16.0 Å². The summed E-state index contributed by atoms with van der Waals surface area (Å²) in [5.41, 5.74) is 0. The monoisotopic (exact) mass is 278 g/mol. The summed E-state index contributed by atoms with van der Waals surface area (Å²) in [6.45, 7) is 5.45. The molecular weight excluding hydrogens is 256 g/mol. The van der Waals surface area contributed by atoms with Gasteiger partial charge in [-0.1, -0.05) is 6.92 Å². The van der Waals surface area contributed by atoms with Crippen molar-refractivity contribution in [3.05, 3.63) is 0 Å². The molecular formula is C11H22N2O4S. The second-order valence-corrected chi connectivity index (χ2v) is 6.94. The summed E-state index contributed by atoms with van der Waals surface area (Å²) in [5, 5.41) is 10.7. The molecule has 1 rings (SSSR count). The molecule has 0 saturated carbocycles. The standard InChI is InChI=1S/C11H22N2O4S/c1-3-13(8-10-5-4-6-12-7-10)18(16,17)9(2)11(14)15/h9-10,12H,3-8H2,1-2H3,(H,14,15). The molecule has 0 aromatic heterocycles. The second-order valence-electron chi connectivity index (χ2n) is 4.69. The average molecular weight is 278 g/mol. The van der Waals surface area contributed by atoms with Crippen molar-refractivity contribution < 1.29 is 18.3 Å². The Balaban J connectivity index is 2.72. The molecule has 0 aromatic carbocycles. The Morgan fingerprint density at radius 2 is 2.22 bits per heavy atom. The highest BCUT2D eigenvalue weighted by Gasteiger charge is 2.34. The predicted octanol–water partition coefficient (Wildman–Crippen LogP) is 0.111. The molecule has 2 unspecified atom stereocenters. The quantitative estimate of drug-likeness (QED) is 0.720. The van der Waals surface area contributed by atoms with Gasteiger partial charge >= 0.3 is 5.97 Å². The lowest BCUT2D eigenvalue weighted by molar-refractivity contribution is -0.136. The normalized spacial score (nSPS) is 22.9. The maximum absolute atomic E-state index is 12.1. The smallest absolute Gasteiger partial charge is 0.323 e. The zero-order valence-electron chi connectivity index (χ0n) is 10.9. The Morgan fingerprint density at radius 3 is 2.67 bits per heavy atom. The molecule has 7 heteroatoms. The van der Waals surface area contributed by atoms with Gasteiger partial charge in [-0.15, -0.1) is 0 Å². The van der Waals surface area contributed by atoms with E-state index in [2.05, 4.69) is 5.32 Å². The van der Waals surface area contributed by atoms with Crippen molar-refractivity contribution in [2.75, 3.05) is 26.2 Å². The highest BCUT2D eigenvalue weighted by atomic mass is 32.2. The van der Waals surface area contributed by atoms with Crippen molar-refractivity contribution in [1.29, 1.82) is 0 Å². The summed E-state index contributed by atoms with van der Waals surface area (Å²) in [7, 11) is -3.74. The van der Waals surface area contributed by atoms with E-state index in [0.717, 1.165) is 25.9 Å². The number of sulfonamides is 1. The summed E-state index contributed by atoms with van der Waals surface area (Å²) in [5.74, 6) is -1.02. The van der Waals surface area contributed by atoms with Crippen LogP contribution in [0.3, 0.4) is 0 Å². The first-order chi connectivity index (χ1) is 8.39. The third kappa shape index (κ3) is 3.66. The van der Waals surface area contributed by atoms with Gasteiger partial charge in [-0.2, -0.15) is 0 Å². The molecule has 0 spiro atoms. The van der Waals surface area contributed by atoms with Gasteiger partial charge in [-0.25, -0.2) is 12.7 Å². The van der Waals surface area contributed by atoms with Crippen molar-refractivity contribution in [2.45, 2.75) is 31.9 Å². The topological polar surface area (TPSA) is 86.7 Å². The Kier molecular flexibility index (Phi) is 5.55. The summed E-state index contributed by atoms with van der Waals surface area (Å²) < 4.78 is 25.5. The minimum absolute atomic E-state index is 0.273. The van der Waals surface area contributed by atoms with Gasteiger partial charge in [0.25, 0.3) is 0 Å². The van der Waals surface area contributed by atoms with Crippen LogP contribution in [0.1, 0.15) is 26.7 Å². The first-order valence-corrected chi connectivity index (χ1v) is 7.82. The fourth-order valence-electron chi connectivity index (χ4n) is 2.13. The number of hydrogen-bond donors (Lipinski definition) is 2. The number of aliphatic carboxylic acids is 1. The van der Waals surface area contributed by atoms with Crippen LogP contribution in [-0.4, -0.2) is 55.2 Å². The fraction of sp³-hybridized carbons (Fsp3) is 0.909. The first-order valence-electron chi connectivity index (χ1n) is 6.32. The minimum atomic E-state index is -3.74. The lowest BCUT2D eigenvalue weighted by atomic mass is 10.00. The van der Waals surface area contributed by atoms with Crippen LogP contribution in [0.4, 0.5) is 0 Å². The average Bonchev–Trinajstić information content (AvgIpc) is 2.35.